The predicted molar refractivity (Wildman–Crippen MR) is 97.9 cm³/mol. The lowest BCUT2D eigenvalue weighted by molar-refractivity contribution is 0.0470. The van der Waals surface area contributed by atoms with Crippen LogP contribution in [0, 0.1) is 12.3 Å². The zero-order chi connectivity index (χ0) is 18.2. The number of allylic oxidation sites excluding steroid dienone is 2. The van der Waals surface area contributed by atoms with Gasteiger partial charge in [0.15, 0.2) is 0 Å². The topological polar surface area (TPSA) is 59.7 Å². The minimum atomic E-state index is -0.350. The van der Waals surface area contributed by atoms with Gasteiger partial charge in [-0.15, -0.1) is 0 Å². The number of hydrogen-bond donors (Lipinski definition) is 0. The van der Waals surface area contributed by atoms with E-state index in [-0.39, 0.29) is 12.1 Å². The Morgan fingerprint density at radius 3 is 2.72 bits per heavy atom. The van der Waals surface area contributed by atoms with Crippen molar-refractivity contribution in [1.29, 1.82) is 0 Å². The summed E-state index contributed by atoms with van der Waals surface area (Å²) >= 11 is 0. The molecule has 1 aliphatic heterocycles. The molecule has 0 N–H and O–H groups in total. The highest BCUT2D eigenvalue weighted by molar-refractivity contribution is 5.98. The standard InChI is InChI=1S/C19H28N4O2/c1-6-16(9-23-10-17(14(3)21-23)18(24)25-5)13(2)20-15(4)22-11-19(12-22)7-8-19/h6,10,15H,7-9,11-12H2,1-5H3/b16-6-,20-13-. The number of aromatic nitrogens is 2. The van der Waals surface area contributed by atoms with E-state index in [0.29, 0.717) is 23.2 Å². The quantitative estimate of drug-likeness (QED) is 0.588. The Morgan fingerprint density at radius 1 is 1.48 bits per heavy atom. The van der Waals surface area contributed by atoms with Gasteiger partial charge in [-0.25, -0.2) is 4.79 Å². The summed E-state index contributed by atoms with van der Waals surface area (Å²) in [6.45, 7) is 11.0. The molecular formula is C19H28N4O2. The Kier molecular flexibility index (Phi) is 4.82. The lowest BCUT2D eigenvalue weighted by atomic mass is 9.96. The van der Waals surface area contributed by atoms with E-state index in [2.05, 4.69) is 29.9 Å². The van der Waals surface area contributed by atoms with Gasteiger partial charge in [0.1, 0.15) is 5.56 Å². The molecule has 0 amide bonds. The molecule has 1 aromatic heterocycles. The molecule has 1 aromatic rings. The zero-order valence-corrected chi connectivity index (χ0v) is 15.9. The van der Waals surface area contributed by atoms with Crippen LogP contribution < -0.4 is 0 Å². The number of aryl methyl sites for hydroxylation is 1. The van der Waals surface area contributed by atoms with E-state index >= 15 is 0 Å². The highest BCUT2D eigenvalue weighted by Crippen LogP contribution is 2.53. The van der Waals surface area contributed by atoms with Crippen LogP contribution in [0.4, 0.5) is 0 Å². The first kappa shape index (κ1) is 17.9. The fourth-order valence-electron chi connectivity index (χ4n) is 3.52. The normalized spacial score (nSPS) is 21.2. The lowest BCUT2D eigenvalue weighted by Gasteiger charge is -2.42. The van der Waals surface area contributed by atoms with Crippen molar-refractivity contribution in [3.63, 3.8) is 0 Å². The predicted octanol–water partition coefficient (Wildman–Crippen LogP) is 2.83. The Bertz CT molecular complexity index is 720. The number of nitrogens with zero attached hydrogens (tertiary/aromatic N) is 4. The van der Waals surface area contributed by atoms with Gasteiger partial charge in [-0.2, -0.15) is 5.10 Å². The molecule has 1 saturated carbocycles. The van der Waals surface area contributed by atoms with Crippen molar-refractivity contribution in [1.82, 2.24) is 14.7 Å². The van der Waals surface area contributed by atoms with Gasteiger partial charge in [-0.05, 0) is 51.5 Å². The van der Waals surface area contributed by atoms with E-state index in [0.717, 1.165) is 11.3 Å². The molecule has 0 aromatic carbocycles. The summed E-state index contributed by atoms with van der Waals surface area (Å²) in [5.74, 6) is -0.350. The Morgan fingerprint density at radius 2 is 2.16 bits per heavy atom. The molecule has 0 radical (unpaired) electrons. The number of ether oxygens (including phenoxy) is 1. The average Bonchev–Trinajstić information content (AvgIpc) is 3.28. The van der Waals surface area contributed by atoms with Crippen LogP contribution in [0.5, 0.6) is 0 Å². The van der Waals surface area contributed by atoms with Crippen molar-refractivity contribution in [3.05, 3.63) is 29.1 Å². The molecule has 2 aliphatic rings. The lowest BCUT2D eigenvalue weighted by Crippen LogP contribution is -2.52. The van der Waals surface area contributed by atoms with Crippen molar-refractivity contribution in [2.24, 2.45) is 10.4 Å². The maximum absolute atomic E-state index is 11.7. The van der Waals surface area contributed by atoms with E-state index in [1.807, 2.05) is 13.8 Å². The largest absolute Gasteiger partial charge is 0.465 e. The minimum absolute atomic E-state index is 0.214. The Hall–Kier alpha value is -1.95. The first-order valence-corrected chi connectivity index (χ1v) is 8.94. The fourth-order valence-corrected chi connectivity index (χ4v) is 3.52. The third-order valence-corrected chi connectivity index (χ3v) is 5.44. The van der Waals surface area contributed by atoms with Gasteiger partial charge < -0.3 is 4.74 Å². The molecule has 1 atom stereocenters. The van der Waals surface area contributed by atoms with Gasteiger partial charge >= 0.3 is 5.97 Å². The monoisotopic (exact) mass is 344 g/mol. The third kappa shape index (κ3) is 3.68. The maximum Gasteiger partial charge on any atom is 0.341 e. The molecule has 1 unspecified atom stereocenters. The van der Waals surface area contributed by atoms with E-state index in [4.69, 9.17) is 9.73 Å². The molecule has 2 fully saturated rings. The first-order chi connectivity index (χ1) is 11.9. The summed E-state index contributed by atoms with van der Waals surface area (Å²) in [6.07, 6.45) is 6.80. The summed E-state index contributed by atoms with van der Waals surface area (Å²) in [5, 5.41) is 4.43. The molecule has 6 nitrogen and oxygen atoms in total. The van der Waals surface area contributed by atoms with E-state index in [1.165, 1.54) is 33.0 Å². The van der Waals surface area contributed by atoms with E-state index in [9.17, 15) is 4.79 Å². The third-order valence-electron chi connectivity index (χ3n) is 5.44. The number of methoxy groups -OCH3 is 1. The van der Waals surface area contributed by atoms with Gasteiger partial charge in [-0.3, -0.25) is 14.6 Å². The van der Waals surface area contributed by atoms with Crippen molar-refractivity contribution < 1.29 is 9.53 Å². The van der Waals surface area contributed by atoms with Crippen LogP contribution in [0.25, 0.3) is 0 Å². The van der Waals surface area contributed by atoms with Crippen molar-refractivity contribution in [3.8, 4) is 0 Å². The number of carbonyl (C=O) groups excluding carboxylic acids is 1. The Balaban J connectivity index is 1.65. The molecular weight excluding hydrogens is 316 g/mol. The number of hydrogen-bond acceptors (Lipinski definition) is 5. The number of carbonyl (C=O) groups is 1. The summed E-state index contributed by atoms with van der Waals surface area (Å²) < 4.78 is 6.57. The van der Waals surface area contributed by atoms with Crippen LogP contribution in [-0.4, -0.2) is 52.7 Å². The van der Waals surface area contributed by atoms with Crippen LogP contribution in [0.1, 0.15) is 49.7 Å². The van der Waals surface area contributed by atoms with Gasteiger partial charge in [-0.1, -0.05) is 6.08 Å². The van der Waals surface area contributed by atoms with Crippen LogP contribution in [0.2, 0.25) is 0 Å². The second-order valence-electron chi connectivity index (χ2n) is 7.38. The Labute approximate surface area is 149 Å². The first-order valence-electron chi connectivity index (χ1n) is 8.94. The molecule has 0 bridgehead atoms. The summed E-state index contributed by atoms with van der Waals surface area (Å²) in [6, 6.07) is 0. The molecule has 136 valence electrons. The molecule has 25 heavy (non-hydrogen) atoms. The van der Waals surface area contributed by atoms with Crippen LogP contribution in [0.3, 0.4) is 0 Å². The van der Waals surface area contributed by atoms with Crippen molar-refractivity contribution in [2.75, 3.05) is 20.2 Å². The van der Waals surface area contributed by atoms with Crippen LogP contribution >= 0.6 is 0 Å². The van der Waals surface area contributed by atoms with Gasteiger partial charge in [0.2, 0.25) is 0 Å². The summed E-state index contributed by atoms with van der Waals surface area (Å²) in [4.78, 5) is 19.1. The SMILES string of the molecule is C/C=C(Cn1cc(C(=O)OC)c(C)n1)\C(C)=N/C(C)N1CC2(CC2)C1. The molecule has 3 rings (SSSR count). The van der Waals surface area contributed by atoms with E-state index < -0.39 is 0 Å². The maximum atomic E-state index is 11.7. The number of aliphatic imine (C=N–C) groups is 1. The highest BCUT2D eigenvalue weighted by Gasteiger charge is 2.53. The number of likely N-dealkylation sites (tertiary alicyclic amines) is 1. The molecule has 1 saturated heterocycles. The molecule has 2 heterocycles. The highest BCUT2D eigenvalue weighted by atomic mass is 16.5. The van der Waals surface area contributed by atoms with Crippen molar-refractivity contribution in [2.45, 2.75) is 53.2 Å². The summed E-state index contributed by atoms with van der Waals surface area (Å²) in [5.41, 5.74) is 3.99. The van der Waals surface area contributed by atoms with Gasteiger partial charge in [0, 0.05) is 25.0 Å². The van der Waals surface area contributed by atoms with Gasteiger partial charge in [0.25, 0.3) is 0 Å². The molecule has 1 spiro atoms. The fraction of sp³-hybridized carbons (Fsp3) is 0.632. The number of esters is 1. The molecule has 1 aliphatic carbocycles. The van der Waals surface area contributed by atoms with Gasteiger partial charge in [0.05, 0.1) is 25.5 Å². The minimum Gasteiger partial charge on any atom is -0.465 e. The van der Waals surface area contributed by atoms with Crippen LogP contribution in [-0.2, 0) is 11.3 Å². The summed E-state index contributed by atoms with van der Waals surface area (Å²) in [7, 11) is 1.39. The second-order valence-corrected chi connectivity index (χ2v) is 7.38. The van der Waals surface area contributed by atoms with E-state index in [1.54, 1.807) is 10.9 Å². The van der Waals surface area contributed by atoms with Crippen molar-refractivity contribution >= 4 is 11.7 Å². The average molecular weight is 344 g/mol. The smallest absolute Gasteiger partial charge is 0.341 e. The second kappa shape index (κ2) is 6.75. The zero-order valence-electron chi connectivity index (χ0n) is 15.9. The van der Waals surface area contributed by atoms with Crippen LogP contribution in [0.15, 0.2) is 22.8 Å². The molecule has 6 heteroatoms. The number of rotatable bonds is 6.